The zero-order valence-electron chi connectivity index (χ0n) is 12.1. The van der Waals surface area contributed by atoms with E-state index in [1.807, 2.05) is 0 Å². The Kier molecular flexibility index (Phi) is 2.82. The minimum Gasteiger partial charge on any atom is -0.0613 e. The Morgan fingerprint density at radius 2 is 1.58 bits per heavy atom. The average molecular weight is 248 g/mol. The van der Waals surface area contributed by atoms with Gasteiger partial charge in [0.05, 0.1) is 0 Å². The van der Waals surface area contributed by atoms with Crippen LogP contribution in [0.2, 0.25) is 0 Å². The molecule has 0 saturated heterocycles. The number of aryl methyl sites for hydroxylation is 2. The molecule has 0 aromatic heterocycles. The van der Waals surface area contributed by atoms with Crippen LogP contribution in [0.4, 0.5) is 0 Å². The van der Waals surface area contributed by atoms with Crippen molar-refractivity contribution in [1.29, 1.82) is 0 Å². The Balaban J connectivity index is 2.46. The highest BCUT2D eigenvalue weighted by atomic mass is 14.1. The highest BCUT2D eigenvalue weighted by molar-refractivity contribution is 6.10. The van der Waals surface area contributed by atoms with Gasteiger partial charge in [-0.05, 0) is 58.0 Å². The first-order valence-corrected chi connectivity index (χ1v) is 7.00. The molecule has 0 heterocycles. The normalized spacial score (nSPS) is 11.6. The van der Waals surface area contributed by atoms with Crippen LogP contribution >= 0.6 is 0 Å². The molecule has 0 aliphatic carbocycles. The van der Waals surface area contributed by atoms with Gasteiger partial charge in [-0.25, -0.2) is 0 Å². The van der Waals surface area contributed by atoms with E-state index < -0.39 is 0 Å². The summed E-state index contributed by atoms with van der Waals surface area (Å²) in [5.41, 5.74) is 4.17. The third-order valence-corrected chi connectivity index (χ3v) is 4.08. The molecule has 3 aromatic rings. The molecule has 0 N–H and O–H groups in total. The van der Waals surface area contributed by atoms with Crippen LogP contribution in [0, 0.1) is 13.8 Å². The van der Waals surface area contributed by atoms with Crippen molar-refractivity contribution >= 4 is 21.5 Å². The van der Waals surface area contributed by atoms with E-state index in [0.29, 0.717) is 5.92 Å². The lowest BCUT2D eigenvalue weighted by atomic mass is 9.92. The standard InChI is InChI=1S/C19H20/c1-12(2)16-10-14(4)19-15(11-16)8-9-17-13(3)6-5-7-18(17)19/h5-12H,1-4H3. The number of hydrogen-bond donors (Lipinski definition) is 0. The third kappa shape index (κ3) is 1.92. The highest BCUT2D eigenvalue weighted by Crippen LogP contribution is 2.32. The first-order valence-electron chi connectivity index (χ1n) is 7.00. The van der Waals surface area contributed by atoms with Gasteiger partial charge in [0.25, 0.3) is 0 Å². The molecule has 0 saturated carbocycles. The largest absolute Gasteiger partial charge is 0.0613 e. The van der Waals surface area contributed by atoms with Crippen LogP contribution in [0.1, 0.15) is 36.5 Å². The van der Waals surface area contributed by atoms with Crippen LogP contribution < -0.4 is 0 Å². The topological polar surface area (TPSA) is 0 Å². The van der Waals surface area contributed by atoms with E-state index in [2.05, 4.69) is 70.2 Å². The maximum absolute atomic E-state index is 2.34. The molecule has 0 spiro atoms. The smallest absolute Gasteiger partial charge is 0.00758 e. The molecule has 0 heteroatoms. The summed E-state index contributed by atoms with van der Waals surface area (Å²) < 4.78 is 0. The predicted octanol–water partition coefficient (Wildman–Crippen LogP) is 5.73. The Labute approximate surface area is 115 Å². The van der Waals surface area contributed by atoms with Crippen molar-refractivity contribution in [2.75, 3.05) is 0 Å². The first kappa shape index (κ1) is 12.2. The van der Waals surface area contributed by atoms with Gasteiger partial charge in [0.2, 0.25) is 0 Å². The van der Waals surface area contributed by atoms with Gasteiger partial charge in [0.1, 0.15) is 0 Å². The second-order valence-corrected chi connectivity index (χ2v) is 5.83. The van der Waals surface area contributed by atoms with E-state index in [1.54, 1.807) is 0 Å². The Bertz CT molecular complexity index is 764. The van der Waals surface area contributed by atoms with E-state index in [0.717, 1.165) is 0 Å². The van der Waals surface area contributed by atoms with Crippen LogP contribution in [0.15, 0.2) is 42.5 Å². The zero-order valence-corrected chi connectivity index (χ0v) is 12.1. The van der Waals surface area contributed by atoms with Crippen LogP contribution in [-0.4, -0.2) is 0 Å². The number of benzene rings is 3. The maximum Gasteiger partial charge on any atom is -0.00758 e. The minimum atomic E-state index is 0.580. The monoisotopic (exact) mass is 248 g/mol. The lowest BCUT2D eigenvalue weighted by molar-refractivity contribution is 0.867. The maximum atomic E-state index is 2.34. The van der Waals surface area contributed by atoms with Gasteiger partial charge in [-0.3, -0.25) is 0 Å². The molecule has 0 fully saturated rings. The van der Waals surface area contributed by atoms with Crippen LogP contribution in [0.3, 0.4) is 0 Å². The summed E-state index contributed by atoms with van der Waals surface area (Å²) in [6.07, 6.45) is 0. The third-order valence-electron chi connectivity index (χ3n) is 4.08. The summed E-state index contributed by atoms with van der Waals surface area (Å²) in [5, 5.41) is 5.52. The lowest BCUT2D eigenvalue weighted by Crippen LogP contribution is -1.91. The lowest BCUT2D eigenvalue weighted by Gasteiger charge is -2.13. The van der Waals surface area contributed by atoms with Crippen molar-refractivity contribution in [3.05, 3.63) is 59.2 Å². The number of rotatable bonds is 1. The summed E-state index contributed by atoms with van der Waals surface area (Å²) in [4.78, 5) is 0. The Morgan fingerprint density at radius 3 is 2.32 bits per heavy atom. The molecular weight excluding hydrogens is 228 g/mol. The van der Waals surface area contributed by atoms with Gasteiger partial charge in [-0.15, -0.1) is 0 Å². The minimum absolute atomic E-state index is 0.580. The van der Waals surface area contributed by atoms with E-state index in [-0.39, 0.29) is 0 Å². The van der Waals surface area contributed by atoms with E-state index in [1.165, 1.54) is 38.2 Å². The van der Waals surface area contributed by atoms with Gasteiger partial charge in [-0.1, -0.05) is 56.3 Å². The van der Waals surface area contributed by atoms with Crippen LogP contribution in [-0.2, 0) is 0 Å². The molecule has 0 atom stereocenters. The second-order valence-electron chi connectivity index (χ2n) is 5.83. The fourth-order valence-corrected chi connectivity index (χ4v) is 2.97. The van der Waals surface area contributed by atoms with Gasteiger partial charge < -0.3 is 0 Å². The molecule has 3 aromatic carbocycles. The van der Waals surface area contributed by atoms with Gasteiger partial charge >= 0.3 is 0 Å². The molecule has 96 valence electrons. The molecule has 0 bridgehead atoms. The van der Waals surface area contributed by atoms with Crippen molar-refractivity contribution in [2.24, 2.45) is 0 Å². The van der Waals surface area contributed by atoms with Gasteiger partial charge in [0.15, 0.2) is 0 Å². The van der Waals surface area contributed by atoms with Crippen LogP contribution in [0.5, 0.6) is 0 Å². The van der Waals surface area contributed by atoms with Crippen molar-refractivity contribution in [1.82, 2.24) is 0 Å². The Morgan fingerprint density at radius 1 is 0.789 bits per heavy atom. The summed E-state index contributed by atoms with van der Waals surface area (Å²) >= 11 is 0. The molecule has 19 heavy (non-hydrogen) atoms. The van der Waals surface area contributed by atoms with Gasteiger partial charge in [0, 0.05) is 0 Å². The van der Waals surface area contributed by atoms with Crippen molar-refractivity contribution < 1.29 is 0 Å². The predicted molar refractivity (Wildman–Crippen MR) is 85.0 cm³/mol. The molecule has 0 nitrogen and oxygen atoms in total. The molecule has 0 amide bonds. The highest BCUT2D eigenvalue weighted by Gasteiger charge is 2.08. The quantitative estimate of drug-likeness (QED) is 0.482. The van der Waals surface area contributed by atoms with E-state index >= 15 is 0 Å². The van der Waals surface area contributed by atoms with E-state index in [4.69, 9.17) is 0 Å². The Hall–Kier alpha value is -1.82. The molecular formula is C19H20. The summed E-state index contributed by atoms with van der Waals surface area (Å²) in [6.45, 7) is 8.93. The number of fused-ring (bicyclic) bond motifs is 3. The molecule has 0 aliphatic rings. The van der Waals surface area contributed by atoms with Crippen molar-refractivity contribution in [3.63, 3.8) is 0 Å². The second kappa shape index (κ2) is 4.38. The molecule has 0 aliphatic heterocycles. The zero-order chi connectivity index (χ0) is 13.6. The summed E-state index contributed by atoms with van der Waals surface area (Å²) in [5.74, 6) is 0.580. The summed E-state index contributed by atoms with van der Waals surface area (Å²) in [6, 6.07) is 15.8. The van der Waals surface area contributed by atoms with Crippen molar-refractivity contribution in [3.8, 4) is 0 Å². The molecule has 3 rings (SSSR count). The van der Waals surface area contributed by atoms with Crippen LogP contribution in [0.25, 0.3) is 21.5 Å². The fraction of sp³-hybridized carbons (Fsp3) is 0.263. The average Bonchev–Trinajstić information content (AvgIpc) is 2.38. The first-order chi connectivity index (χ1) is 9.08. The molecule has 0 radical (unpaired) electrons. The molecule has 0 unspecified atom stereocenters. The van der Waals surface area contributed by atoms with Crippen molar-refractivity contribution in [2.45, 2.75) is 33.6 Å². The van der Waals surface area contributed by atoms with Gasteiger partial charge in [-0.2, -0.15) is 0 Å². The SMILES string of the molecule is Cc1cccc2c1ccc1cc(C(C)C)cc(C)c12. The van der Waals surface area contributed by atoms with E-state index in [9.17, 15) is 0 Å². The fourth-order valence-electron chi connectivity index (χ4n) is 2.97. The summed E-state index contributed by atoms with van der Waals surface area (Å²) in [7, 11) is 0. The number of hydrogen-bond acceptors (Lipinski definition) is 0.